The highest BCUT2D eigenvalue weighted by molar-refractivity contribution is 6.02. The summed E-state index contributed by atoms with van der Waals surface area (Å²) in [6.07, 6.45) is 2.51. The van der Waals surface area contributed by atoms with Crippen molar-refractivity contribution in [2.45, 2.75) is 26.9 Å². The van der Waals surface area contributed by atoms with Crippen LogP contribution >= 0.6 is 0 Å². The molecule has 210 valence electrons. The largest absolute Gasteiger partial charge is 0.489 e. The monoisotopic (exact) mass is 551 g/mol. The third-order valence-electron chi connectivity index (χ3n) is 6.51. The Balaban J connectivity index is 1.64. The zero-order chi connectivity index (χ0) is 29.4. The molecule has 11 heteroatoms. The van der Waals surface area contributed by atoms with Crippen molar-refractivity contribution in [3.8, 4) is 17.9 Å². The summed E-state index contributed by atoms with van der Waals surface area (Å²) >= 11 is 0. The van der Waals surface area contributed by atoms with E-state index in [9.17, 15) is 15.3 Å². The number of nitriles is 2. The summed E-state index contributed by atoms with van der Waals surface area (Å²) in [6.45, 7) is 14.3. The molecule has 41 heavy (non-hydrogen) atoms. The van der Waals surface area contributed by atoms with Gasteiger partial charge in [0.25, 0.3) is 0 Å². The lowest BCUT2D eigenvalue weighted by Crippen LogP contribution is -2.46. The molecule has 2 aromatic carbocycles. The first-order chi connectivity index (χ1) is 19.8. The highest BCUT2D eigenvalue weighted by Gasteiger charge is 2.18. The second-order valence-corrected chi connectivity index (χ2v) is 9.65. The van der Waals surface area contributed by atoms with E-state index in [2.05, 4.69) is 61.4 Å². The molecule has 0 bridgehead atoms. The van der Waals surface area contributed by atoms with Gasteiger partial charge in [-0.3, -0.25) is 4.79 Å². The Morgan fingerprint density at radius 1 is 1.07 bits per heavy atom. The van der Waals surface area contributed by atoms with Gasteiger partial charge in [0.2, 0.25) is 11.9 Å². The summed E-state index contributed by atoms with van der Waals surface area (Å²) in [5.74, 6) is 0.600. The smallest absolute Gasteiger partial charge is 0.247 e. The first kappa shape index (κ1) is 28.9. The summed E-state index contributed by atoms with van der Waals surface area (Å²) in [6, 6.07) is 15.0. The average molecular weight is 552 g/mol. The number of nitrogens with one attached hydrogen (secondary N) is 3. The molecule has 0 unspecified atom stereocenters. The summed E-state index contributed by atoms with van der Waals surface area (Å²) in [5, 5.41) is 28.3. The van der Waals surface area contributed by atoms with Crippen molar-refractivity contribution >= 4 is 40.4 Å². The van der Waals surface area contributed by atoms with Gasteiger partial charge in [-0.25, -0.2) is 4.98 Å². The van der Waals surface area contributed by atoms with Crippen molar-refractivity contribution in [3.63, 3.8) is 0 Å². The van der Waals surface area contributed by atoms with Gasteiger partial charge in [-0.05, 0) is 62.9 Å². The lowest BCUT2D eigenvalue weighted by molar-refractivity contribution is -0.111. The number of carbonyl (C=O) groups is 1. The number of anilines is 6. The number of nitrogens with zero attached hydrogens (tertiary/aromatic N) is 6. The van der Waals surface area contributed by atoms with E-state index in [1.807, 2.05) is 32.0 Å². The van der Waals surface area contributed by atoms with Crippen molar-refractivity contribution in [2.75, 3.05) is 53.6 Å². The van der Waals surface area contributed by atoms with E-state index in [0.717, 1.165) is 38.4 Å². The van der Waals surface area contributed by atoms with E-state index >= 15 is 0 Å². The summed E-state index contributed by atoms with van der Waals surface area (Å²) in [5.41, 5.74) is 3.22. The Morgan fingerprint density at radius 3 is 2.51 bits per heavy atom. The predicted octanol–water partition coefficient (Wildman–Crippen LogP) is 4.76. The van der Waals surface area contributed by atoms with Gasteiger partial charge >= 0.3 is 0 Å². The Labute approximate surface area is 240 Å². The maximum Gasteiger partial charge on any atom is 0.247 e. The summed E-state index contributed by atoms with van der Waals surface area (Å²) < 4.78 is 5.88. The predicted molar refractivity (Wildman–Crippen MR) is 160 cm³/mol. The molecule has 1 aliphatic rings. The minimum Gasteiger partial charge on any atom is -0.489 e. The van der Waals surface area contributed by atoms with Crippen molar-refractivity contribution < 1.29 is 9.53 Å². The molecule has 3 aromatic rings. The number of hydrogen-bond donors (Lipinski definition) is 3. The highest BCUT2D eigenvalue weighted by Crippen LogP contribution is 2.33. The SMILES string of the molecule is C=CC(=O)Nc1cc(N2CCN(CC)CC2)ccc1Nc1ncc(C#N)c(Nc2cc(C#N)ccc2OC(C)C)n1. The minimum atomic E-state index is -0.348. The molecule has 0 aliphatic carbocycles. The first-order valence-electron chi connectivity index (χ1n) is 13.4. The molecule has 0 saturated carbocycles. The Kier molecular flexibility index (Phi) is 9.35. The number of benzene rings is 2. The van der Waals surface area contributed by atoms with Crippen LogP contribution < -0.4 is 25.6 Å². The van der Waals surface area contributed by atoms with E-state index in [4.69, 9.17) is 4.74 Å². The maximum atomic E-state index is 12.3. The fraction of sp³-hybridized carbons (Fsp3) is 0.300. The Bertz CT molecular complexity index is 1500. The number of piperazine rings is 1. The molecule has 1 aromatic heterocycles. The number of hydrogen-bond acceptors (Lipinski definition) is 10. The van der Waals surface area contributed by atoms with Gasteiger partial charge in [0, 0.05) is 31.9 Å². The number of carbonyl (C=O) groups excluding carboxylic acids is 1. The zero-order valence-electron chi connectivity index (χ0n) is 23.4. The van der Waals surface area contributed by atoms with Crippen molar-refractivity contribution in [3.05, 3.63) is 66.4 Å². The van der Waals surface area contributed by atoms with E-state index in [1.54, 1.807) is 18.2 Å². The van der Waals surface area contributed by atoms with Crippen LogP contribution in [0.5, 0.6) is 5.75 Å². The molecule has 0 spiro atoms. The van der Waals surface area contributed by atoms with Crippen LogP contribution in [-0.4, -0.2) is 59.6 Å². The van der Waals surface area contributed by atoms with Crippen LogP contribution in [-0.2, 0) is 4.79 Å². The standard InChI is InChI=1S/C30H33N9O2/c1-5-28(40)34-25-16-23(39-13-11-38(6-2)12-14-39)8-9-24(25)36-30-33-19-22(18-32)29(37-30)35-26-15-21(17-31)7-10-27(26)41-20(3)4/h5,7-10,15-16,19-20H,1,6,11-14H2,2-4H3,(H,34,40)(H2,33,35,36,37). The van der Waals surface area contributed by atoms with Crippen molar-refractivity contribution in [2.24, 2.45) is 0 Å². The number of rotatable bonds is 10. The minimum absolute atomic E-state index is 0.107. The number of amides is 1. The molecule has 1 fully saturated rings. The van der Waals surface area contributed by atoms with E-state index in [-0.39, 0.29) is 29.3 Å². The molecule has 2 heterocycles. The van der Waals surface area contributed by atoms with E-state index < -0.39 is 0 Å². The van der Waals surface area contributed by atoms with Crippen LogP contribution in [0.2, 0.25) is 0 Å². The fourth-order valence-corrected chi connectivity index (χ4v) is 4.37. The third-order valence-corrected chi connectivity index (χ3v) is 6.51. The molecule has 1 saturated heterocycles. The molecule has 3 N–H and O–H groups in total. The molecule has 4 rings (SSSR count). The quantitative estimate of drug-likeness (QED) is 0.302. The Hall–Kier alpha value is -5.13. The molecular formula is C30H33N9O2. The van der Waals surface area contributed by atoms with Gasteiger partial charge < -0.3 is 30.5 Å². The van der Waals surface area contributed by atoms with E-state index in [0.29, 0.717) is 28.4 Å². The third kappa shape index (κ3) is 7.29. The van der Waals surface area contributed by atoms with Crippen LogP contribution in [0.4, 0.5) is 34.5 Å². The maximum absolute atomic E-state index is 12.3. The second kappa shape index (κ2) is 13.3. The lowest BCUT2D eigenvalue weighted by Gasteiger charge is -2.35. The lowest BCUT2D eigenvalue weighted by atomic mass is 10.2. The van der Waals surface area contributed by atoms with Gasteiger partial charge in [-0.15, -0.1) is 0 Å². The van der Waals surface area contributed by atoms with E-state index in [1.165, 1.54) is 12.3 Å². The molecule has 1 aliphatic heterocycles. The molecule has 0 atom stereocenters. The Morgan fingerprint density at radius 2 is 1.85 bits per heavy atom. The van der Waals surface area contributed by atoms with Gasteiger partial charge in [0.05, 0.1) is 41.0 Å². The zero-order valence-corrected chi connectivity index (χ0v) is 23.4. The van der Waals surface area contributed by atoms with Gasteiger partial charge in [-0.2, -0.15) is 15.5 Å². The molecule has 11 nitrogen and oxygen atoms in total. The van der Waals surface area contributed by atoms with Crippen LogP contribution in [0.25, 0.3) is 0 Å². The summed E-state index contributed by atoms with van der Waals surface area (Å²) in [7, 11) is 0. The fourth-order valence-electron chi connectivity index (χ4n) is 4.37. The van der Waals surface area contributed by atoms with Gasteiger partial charge in [0.15, 0.2) is 5.82 Å². The number of likely N-dealkylation sites (N-methyl/N-ethyl adjacent to an activating group) is 1. The second-order valence-electron chi connectivity index (χ2n) is 9.65. The van der Waals surface area contributed by atoms with Crippen LogP contribution in [0, 0.1) is 22.7 Å². The average Bonchev–Trinajstić information content (AvgIpc) is 2.98. The van der Waals surface area contributed by atoms with Crippen LogP contribution in [0.15, 0.2) is 55.3 Å². The molecule has 0 radical (unpaired) electrons. The van der Waals surface area contributed by atoms with Crippen molar-refractivity contribution in [1.82, 2.24) is 14.9 Å². The summed E-state index contributed by atoms with van der Waals surface area (Å²) in [4.78, 5) is 25.8. The molecule has 1 amide bonds. The van der Waals surface area contributed by atoms with Crippen LogP contribution in [0.3, 0.4) is 0 Å². The number of ether oxygens (including phenoxy) is 1. The number of aromatic nitrogens is 2. The highest BCUT2D eigenvalue weighted by atomic mass is 16.5. The first-order valence-corrected chi connectivity index (χ1v) is 13.4. The van der Waals surface area contributed by atoms with Gasteiger partial charge in [-0.1, -0.05) is 13.5 Å². The normalized spacial score (nSPS) is 13.2. The molecular weight excluding hydrogens is 518 g/mol. The van der Waals surface area contributed by atoms with Crippen LogP contribution in [0.1, 0.15) is 31.9 Å². The van der Waals surface area contributed by atoms with Gasteiger partial charge in [0.1, 0.15) is 17.4 Å². The topological polar surface area (TPSA) is 142 Å². The van der Waals surface area contributed by atoms with Crippen molar-refractivity contribution in [1.29, 1.82) is 10.5 Å².